The topological polar surface area (TPSA) is 36.7 Å². The van der Waals surface area contributed by atoms with Gasteiger partial charge in [0.1, 0.15) is 11.8 Å². The van der Waals surface area contributed by atoms with Crippen LogP contribution in [0.3, 0.4) is 0 Å². The minimum atomic E-state index is 0.383. The SMILES string of the molecule is N#Cc1cc(Sc2cc(Cl)ccc2Cl)ccn1. The highest BCUT2D eigenvalue weighted by Crippen LogP contribution is 2.34. The number of hydrogen-bond donors (Lipinski definition) is 0. The van der Waals surface area contributed by atoms with Crippen molar-refractivity contribution in [1.29, 1.82) is 5.26 Å². The summed E-state index contributed by atoms with van der Waals surface area (Å²) in [6.07, 6.45) is 1.60. The quantitative estimate of drug-likeness (QED) is 0.818. The third-order valence-electron chi connectivity index (χ3n) is 1.97. The van der Waals surface area contributed by atoms with Crippen LogP contribution in [0.25, 0.3) is 0 Å². The Balaban J connectivity index is 2.31. The van der Waals surface area contributed by atoms with E-state index in [0.717, 1.165) is 9.79 Å². The Morgan fingerprint density at radius 2 is 2.00 bits per heavy atom. The van der Waals surface area contributed by atoms with E-state index in [-0.39, 0.29) is 0 Å². The molecule has 0 saturated heterocycles. The average molecular weight is 281 g/mol. The molecule has 0 bridgehead atoms. The third-order valence-corrected chi connectivity index (χ3v) is 3.69. The summed E-state index contributed by atoms with van der Waals surface area (Å²) in [6, 6.07) is 10.8. The van der Waals surface area contributed by atoms with Crippen LogP contribution >= 0.6 is 35.0 Å². The van der Waals surface area contributed by atoms with E-state index in [2.05, 4.69) is 4.98 Å². The van der Waals surface area contributed by atoms with E-state index in [1.165, 1.54) is 11.8 Å². The second kappa shape index (κ2) is 5.42. The lowest BCUT2D eigenvalue weighted by Gasteiger charge is -2.04. The molecule has 0 radical (unpaired) electrons. The van der Waals surface area contributed by atoms with Crippen molar-refractivity contribution in [3.63, 3.8) is 0 Å². The lowest BCUT2D eigenvalue weighted by atomic mass is 10.4. The van der Waals surface area contributed by atoms with Gasteiger partial charge in [0.25, 0.3) is 0 Å². The van der Waals surface area contributed by atoms with Crippen LogP contribution in [0.2, 0.25) is 10.0 Å². The van der Waals surface area contributed by atoms with Gasteiger partial charge in [0.05, 0.1) is 5.02 Å². The monoisotopic (exact) mass is 280 g/mol. The second-order valence-electron chi connectivity index (χ2n) is 3.17. The van der Waals surface area contributed by atoms with E-state index in [1.54, 1.807) is 30.5 Å². The highest BCUT2D eigenvalue weighted by Gasteiger charge is 2.04. The molecule has 0 aliphatic rings. The van der Waals surface area contributed by atoms with Crippen molar-refractivity contribution in [2.75, 3.05) is 0 Å². The normalized spacial score (nSPS) is 9.94. The van der Waals surface area contributed by atoms with E-state index in [0.29, 0.717) is 15.7 Å². The zero-order valence-electron chi connectivity index (χ0n) is 8.52. The van der Waals surface area contributed by atoms with Crippen molar-refractivity contribution in [2.45, 2.75) is 9.79 Å². The van der Waals surface area contributed by atoms with Gasteiger partial charge in [-0.3, -0.25) is 0 Å². The van der Waals surface area contributed by atoms with Gasteiger partial charge in [-0.1, -0.05) is 35.0 Å². The van der Waals surface area contributed by atoms with Crippen molar-refractivity contribution in [2.24, 2.45) is 0 Å². The predicted molar refractivity (Wildman–Crippen MR) is 69.5 cm³/mol. The zero-order chi connectivity index (χ0) is 12.3. The second-order valence-corrected chi connectivity index (χ2v) is 5.12. The summed E-state index contributed by atoms with van der Waals surface area (Å²) < 4.78 is 0. The molecule has 0 atom stereocenters. The lowest BCUT2D eigenvalue weighted by molar-refractivity contribution is 1.21. The highest BCUT2D eigenvalue weighted by atomic mass is 35.5. The number of pyridine rings is 1. The molecule has 84 valence electrons. The Bertz CT molecular complexity index is 593. The first-order chi connectivity index (χ1) is 8.19. The van der Waals surface area contributed by atoms with Crippen LogP contribution in [0.4, 0.5) is 0 Å². The molecule has 2 rings (SSSR count). The molecule has 5 heteroatoms. The zero-order valence-corrected chi connectivity index (χ0v) is 10.9. The molecule has 0 saturated carbocycles. The molecule has 1 aromatic carbocycles. The fourth-order valence-electron chi connectivity index (χ4n) is 1.22. The van der Waals surface area contributed by atoms with E-state index in [4.69, 9.17) is 28.5 Å². The van der Waals surface area contributed by atoms with Crippen LogP contribution in [0.1, 0.15) is 5.69 Å². The maximum absolute atomic E-state index is 8.76. The van der Waals surface area contributed by atoms with Crippen LogP contribution < -0.4 is 0 Å². The highest BCUT2D eigenvalue weighted by molar-refractivity contribution is 7.99. The van der Waals surface area contributed by atoms with Gasteiger partial charge in [-0.25, -0.2) is 4.98 Å². The molecule has 1 heterocycles. The van der Waals surface area contributed by atoms with Gasteiger partial charge >= 0.3 is 0 Å². The predicted octanol–water partition coefficient (Wildman–Crippen LogP) is 4.41. The average Bonchev–Trinajstić information content (AvgIpc) is 2.34. The summed E-state index contributed by atoms with van der Waals surface area (Å²) >= 11 is 13.4. The number of hydrogen-bond acceptors (Lipinski definition) is 3. The molecule has 0 unspecified atom stereocenters. The van der Waals surface area contributed by atoms with Crippen LogP contribution in [0.15, 0.2) is 46.3 Å². The summed E-state index contributed by atoms with van der Waals surface area (Å²) in [5, 5.41) is 10.0. The Labute approximate surface area is 113 Å². The van der Waals surface area contributed by atoms with Crippen LogP contribution in [0.5, 0.6) is 0 Å². The smallest absolute Gasteiger partial charge is 0.141 e. The third kappa shape index (κ3) is 3.13. The van der Waals surface area contributed by atoms with Gasteiger partial charge in [-0.15, -0.1) is 0 Å². The van der Waals surface area contributed by atoms with E-state index in [9.17, 15) is 0 Å². The summed E-state index contributed by atoms with van der Waals surface area (Å²) in [7, 11) is 0. The van der Waals surface area contributed by atoms with Gasteiger partial charge in [-0.05, 0) is 30.3 Å². The van der Waals surface area contributed by atoms with Gasteiger partial charge in [-0.2, -0.15) is 5.26 Å². The van der Waals surface area contributed by atoms with Gasteiger partial charge in [0.2, 0.25) is 0 Å². The molecule has 1 aromatic heterocycles. The Hall–Kier alpha value is -1.21. The molecule has 0 amide bonds. The molecule has 0 spiro atoms. The largest absolute Gasteiger partial charge is 0.245 e. The fraction of sp³-hybridized carbons (Fsp3) is 0. The Morgan fingerprint density at radius 3 is 2.76 bits per heavy atom. The van der Waals surface area contributed by atoms with Crippen molar-refractivity contribution in [1.82, 2.24) is 4.98 Å². The molecule has 0 N–H and O–H groups in total. The van der Waals surface area contributed by atoms with Crippen molar-refractivity contribution in [3.05, 3.63) is 52.3 Å². The van der Waals surface area contributed by atoms with Crippen LogP contribution in [0, 0.1) is 11.3 Å². The molecule has 0 aliphatic carbocycles. The number of nitriles is 1. The first-order valence-electron chi connectivity index (χ1n) is 4.68. The molecular formula is C12H6Cl2N2S. The summed E-state index contributed by atoms with van der Waals surface area (Å²) in [6.45, 7) is 0. The number of halogens is 2. The standard InChI is InChI=1S/C12H6Cl2N2S/c13-8-1-2-11(14)12(5-8)17-10-3-4-16-9(6-10)7-15/h1-6H. The van der Waals surface area contributed by atoms with Crippen molar-refractivity contribution >= 4 is 35.0 Å². The van der Waals surface area contributed by atoms with E-state index < -0.39 is 0 Å². The van der Waals surface area contributed by atoms with Crippen molar-refractivity contribution in [3.8, 4) is 6.07 Å². The summed E-state index contributed by atoms with van der Waals surface area (Å²) in [5.41, 5.74) is 0.383. The minimum Gasteiger partial charge on any atom is -0.245 e. The van der Waals surface area contributed by atoms with Gasteiger partial charge in [0, 0.05) is 21.0 Å². The summed E-state index contributed by atoms with van der Waals surface area (Å²) in [5.74, 6) is 0. The van der Waals surface area contributed by atoms with Gasteiger partial charge < -0.3 is 0 Å². The first kappa shape index (κ1) is 12.3. The molecule has 0 fully saturated rings. The minimum absolute atomic E-state index is 0.383. The summed E-state index contributed by atoms with van der Waals surface area (Å²) in [4.78, 5) is 5.67. The maximum Gasteiger partial charge on any atom is 0.141 e. The number of nitrogens with zero attached hydrogens (tertiary/aromatic N) is 2. The van der Waals surface area contributed by atoms with Crippen LogP contribution in [-0.2, 0) is 0 Å². The first-order valence-corrected chi connectivity index (χ1v) is 6.25. The van der Waals surface area contributed by atoms with Crippen molar-refractivity contribution < 1.29 is 0 Å². The molecular weight excluding hydrogens is 275 g/mol. The number of aromatic nitrogens is 1. The number of rotatable bonds is 2. The fourth-order valence-corrected chi connectivity index (χ4v) is 2.59. The Kier molecular flexibility index (Phi) is 3.90. The van der Waals surface area contributed by atoms with Gasteiger partial charge in [0.15, 0.2) is 0 Å². The molecule has 2 aromatic rings. The molecule has 0 aliphatic heterocycles. The lowest BCUT2D eigenvalue weighted by Crippen LogP contribution is -1.82. The number of benzene rings is 1. The van der Waals surface area contributed by atoms with E-state index in [1.807, 2.05) is 12.1 Å². The van der Waals surface area contributed by atoms with Crippen LogP contribution in [-0.4, -0.2) is 4.98 Å². The van der Waals surface area contributed by atoms with E-state index >= 15 is 0 Å². The maximum atomic E-state index is 8.76. The Morgan fingerprint density at radius 1 is 1.18 bits per heavy atom. The molecule has 2 nitrogen and oxygen atoms in total. The molecule has 17 heavy (non-hydrogen) atoms.